The van der Waals surface area contributed by atoms with Crippen molar-refractivity contribution in [1.82, 2.24) is 5.32 Å². The molecule has 0 aromatic rings. The van der Waals surface area contributed by atoms with Gasteiger partial charge in [0.05, 0.1) is 32.0 Å². The van der Waals surface area contributed by atoms with Crippen molar-refractivity contribution in [3.8, 4) is 0 Å². The third kappa shape index (κ3) is 23.0. The number of aliphatic hydroxyl groups excluding tert-OH is 8. The Morgan fingerprint density at radius 2 is 1.02 bits per heavy atom. The smallest absolute Gasteiger partial charge is 0.220 e. The van der Waals surface area contributed by atoms with Crippen LogP contribution < -0.4 is 5.32 Å². The number of rotatable bonds is 37. The van der Waals surface area contributed by atoms with Gasteiger partial charge in [-0.25, -0.2) is 0 Å². The molecule has 0 saturated carbocycles. The van der Waals surface area contributed by atoms with Gasteiger partial charge in [0.15, 0.2) is 12.6 Å². The Hall–Kier alpha value is -1.27. The molecule has 360 valence electrons. The summed E-state index contributed by atoms with van der Waals surface area (Å²) in [5, 5.41) is 86.4. The minimum absolute atomic E-state index is 0.240. The zero-order valence-electron chi connectivity index (χ0n) is 37.9. The summed E-state index contributed by atoms with van der Waals surface area (Å²) in [6.07, 6.45) is 18.5. The molecule has 0 spiro atoms. The van der Waals surface area contributed by atoms with Crippen LogP contribution in [-0.2, 0) is 23.7 Å². The van der Waals surface area contributed by atoms with Crippen LogP contribution in [0.2, 0.25) is 0 Å². The van der Waals surface area contributed by atoms with Crippen molar-refractivity contribution >= 4 is 5.91 Å². The number of carbonyl (C=O) groups excluding carboxylic acids is 1. The predicted molar refractivity (Wildman–Crippen MR) is 235 cm³/mol. The van der Waals surface area contributed by atoms with Gasteiger partial charge < -0.3 is 65.1 Å². The number of aliphatic hydroxyl groups is 8. The summed E-state index contributed by atoms with van der Waals surface area (Å²) >= 11 is 0. The van der Waals surface area contributed by atoms with Crippen LogP contribution in [0.3, 0.4) is 0 Å². The Labute approximate surface area is 367 Å². The third-order valence-electron chi connectivity index (χ3n) is 12.2. The second-order valence-corrected chi connectivity index (χ2v) is 17.6. The van der Waals surface area contributed by atoms with Crippen molar-refractivity contribution in [2.75, 3.05) is 19.8 Å². The fourth-order valence-electron chi connectivity index (χ4n) is 8.17. The first-order valence-corrected chi connectivity index (χ1v) is 24.4. The largest absolute Gasteiger partial charge is 0.394 e. The summed E-state index contributed by atoms with van der Waals surface area (Å²) in [7, 11) is 0. The lowest BCUT2D eigenvalue weighted by atomic mass is 9.97. The first-order chi connectivity index (χ1) is 29.6. The number of hydrogen-bond acceptors (Lipinski definition) is 13. The molecule has 0 aliphatic carbocycles. The molecule has 2 saturated heterocycles. The molecule has 1 amide bonds. The molecule has 61 heavy (non-hydrogen) atoms. The highest BCUT2D eigenvalue weighted by Gasteiger charge is 2.51. The highest BCUT2D eigenvalue weighted by molar-refractivity contribution is 5.76. The van der Waals surface area contributed by atoms with Gasteiger partial charge in [0.2, 0.25) is 5.91 Å². The predicted octanol–water partition coefficient (Wildman–Crippen LogP) is 5.60. The molecule has 12 atom stereocenters. The van der Waals surface area contributed by atoms with Crippen LogP contribution in [0.4, 0.5) is 0 Å². The zero-order chi connectivity index (χ0) is 44.7. The highest BCUT2D eigenvalue weighted by Crippen LogP contribution is 2.30. The van der Waals surface area contributed by atoms with E-state index in [-0.39, 0.29) is 18.9 Å². The Morgan fingerprint density at radius 1 is 0.574 bits per heavy atom. The number of carbonyl (C=O) groups is 1. The van der Waals surface area contributed by atoms with Gasteiger partial charge in [-0.3, -0.25) is 4.79 Å². The molecule has 9 N–H and O–H groups in total. The first-order valence-electron chi connectivity index (χ1n) is 24.4. The molecule has 14 heteroatoms. The number of unbranched alkanes of at least 4 members (excludes halogenated alkanes) is 24. The molecule has 12 unspecified atom stereocenters. The van der Waals surface area contributed by atoms with E-state index in [0.29, 0.717) is 6.42 Å². The van der Waals surface area contributed by atoms with E-state index in [1.165, 1.54) is 116 Å². The van der Waals surface area contributed by atoms with Crippen LogP contribution in [0.15, 0.2) is 12.2 Å². The molecule has 2 fully saturated rings. The van der Waals surface area contributed by atoms with E-state index >= 15 is 0 Å². The van der Waals surface area contributed by atoms with Crippen molar-refractivity contribution in [3.63, 3.8) is 0 Å². The average molecular weight is 876 g/mol. The van der Waals surface area contributed by atoms with Crippen LogP contribution in [0.1, 0.15) is 187 Å². The lowest BCUT2D eigenvalue weighted by Crippen LogP contribution is -2.65. The van der Waals surface area contributed by atoms with Gasteiger partial charge in [-0.1, -0.05) is 174 Å². The topological polar surface area (TPSA) is 228 Å². The van der Waals surface area contributed by atoms with Crippen LogP contribution in [0.25, 0.3) is 0 Å². The van der Waals surface area contributed by atoms with E-state index in [1.807, 2.05) is 6.08 Å². The molecule has 2 heterocycles. The van der Waals surface area contributed by atoms with E-state index in [9.17, 15) is 45.6 Å². The highest BCUT2D eigenvalue weighted by atomic mass is 16.7. The van der Waals surface area contributed by atoms with Crippen LogP contribution in [-0.4, -0.2) is 140 Å². The number of amides is 1. The molecule has 0 bridgehead atoms. The van der Waals surface area contributed by atoms with E-state index in [4.69, 9.17) is 18.9 Å². The fraction of sp³-hybridized carbons (Fsp3) is 0.936. The van der Waals surface area contributed by atoms with E-state index in [0.717, 1.165) is 44.9 Å². The second-order valence-electron chi connectivity index (χ2n) is 17.6. The van der Waals surface area contributed by atoms with Gasteiger partial charge in [-0.2, -0.15) is 0 Å². The van der Waals surface area contributed by atoms with Gasteiger partial charge in [0.1, 0.15) is 48.8 Å². The van der Waals surface area contributed by atoms with E-state index in [1.54, 1.807) is 6.08 Å². The van der Waals surface area contributed by atoms with E-state index < -0.39 is 86.8 Å². The number of ether oxygens (including phenoxy) is 4. The Bertz CT molecular complexity index is 1080. The third-order valence-corrected chi connectivity index (χ3v) is 12.2. The molecule has 0 radical (unpaired) electrons. The molecule has 2 aliphatic rings. The Morgan fingerprint density at radius 3 is 1.51 bits per heavy atom. The molecular formula is C47H89NO13. The van der Waals surface area contributed by atoms with Gasteiger partial charge >= 0.3 is 0 Å². The van der Waals surface area contributed by atoms with E-state index in [2.05, 4.69) is 19.2 Å². The lowest BCUT2D eigenvalue weighted by molar-refractivity contribution is -0.359. The summed E-state index contributed by atoms with van der Waals surface area (Å²) < 4.78 is 22.6. The van der Waals surface area contributed by atoms with Crippen LogP contribution >= 0.6 is 0 Å². The van der Waals surface area contributed by atoms with Gasteiger partial charge in [-0.05, 0) is 19.3 Å². The Balaban J connectivity index is 1.79. The molecule has 2 aliphatic heterocycles. The number of allylic oxidation sites excluding steroid dienone is 1. The zero-order valence-corrected chi connectivity index (χ0v) is 37.9. The standard InChI is InChI=1S/C47H89NO13/c1-3-5-7-9-11-13-14-15-16-17-18-19-20-21-22-23-25-27-29-31-39(52)48-35(36(51)30-28-26-24-12-10-8-6-4-2)34-58-46-44(57)42(55)45(38(33-50)60-46)61-47-43(56)41(54)40(53)37(32-49)59-47/h28,30,35-38,40-47,49-51,53-57H,3-27,29,31-34H2,1-2H3,(H,48,52)/b30-28+. The fourth-order valence-corrected chi connectivity index (χ4v) is 8.17. The SMILES string of the molecule is CCCCCCCC/C=C/C(O)C(COC1OC(CO)C(OC2OC(CO)C(O)C(O)C2O)C(O)C1O)NC(=O)CCCCCCCCCCCCCCCCCCCCC. The normalized spacial score (nSPS) is 28.0. The van der Waals surface area contributed by atoms with Crippen molar-refractivity contribution in [3.05, 3.63) is 12.2 Å². The lowest BCUT2D eigenvalue weighted by Gasteiger charge is -2.46. The maximum Gasteiger partial charge on any atom is 0.220 e. The molecule has 14 nitrogen and oxygen atoms in total. The van der Waals surface area contributed by atoms with Crippen LogP contribution in [0.5, 0.6) is 0 Å². The van der Waals surface area contributed by atoms with Crippen molar-refractivity contribution in [2.45, 2.75) is 261 Å². The Kier molecular flexibility index (Phi) is 32.1. The summed E-state index contributed by atoms with van der Waals surface area (Å²) in [4.78, 5) is 13.1. The summed E-state index contributed by atoms with van der Waals surface area (Å²) in [6, 6.07) is -0.905. The van der Waals surface area contributed by atoms with Crippen molar-refractivity contribution in [1.29, 1.82) is 0 Å². The van der Waals surface area contributed by atoms with Crippen LogP contribution in [0, 0.1) is 0 Å². The van der Waals surface area contributed by atoms with Gasteiger partial charge in [0.25, 0.3) is 0 Å². The van der Waals surface area contributed by atoms with Gasteiger partial charge in [-0.15, -0.1) is 0 Å². The summed E-state index contributed by atoms with van der Waals surface area (Å²) in [5.74, 6) is -0.240. The maximum absolute atomic E-state index is 13.1. The maximum atomic E-state index is 13.1. The molecule has 0 aromatic carbocycles. The first kappa shape index (κ1) is 55.9. The quantitative estimate of drug-likeness (QED) is 0.0274. The van der Waals surface area contributed by atoms with Crippen molar-refractivity contribution < 1.29 is 64.6 Å². The number of nitrogens with one attached hydrogen (secondary N) is 1. The number of hydrogen-bond donors (Lipinski definition) is 9. The second kappa shape index (κ2) is 35.0. The monoisotopic (exact) mass is 876 g/mol. The van der Waals surface area contributed by atoms with Crippen molar-refractivity contribution in [2.24, 2.45) is 0 Å². The summed E-state index contributed by atoms with van der Waals surface area (Å²) in [6.45, 7) is 2.74. The van der Waals surface area contributed by atoms with Gasteiger partial charge in [0, 0.05) is 6.42 Å². The summed E-state index contributed by atoms with van der Waals surface area (Å²) in [5.41, 5.74) is 0. The molecule has 0 aromatic heterocycles. The average Bonchev–Trinajstić information content (AvgIpc) is 3.26. The minimum Gasteiger partial charge on any atom is -0.394 e. The molecular weight excluding hydrogens is 787 g/mol. The minimum atomic E-state index is -1.78. The molecule has 2 rings (SSSR count).